The summed E-state index contributed by atoms with van der Waals surface area (Å²) in [6.45, 7) is 0. The second-order valence-corrected chi connectivity index (χ2v) is 6.96. The molecule has 0 spiro atoms. The van der Waals surface area contributed by atoms with E-state index in [1.54, 1.807) is 25.7 Å². The van der Waals surface area contributed by atoms with Gasteiger partial charge in [0, 0.05) is 7.11 Å². The molecule has 5 aliphatic carbocycles. The Morgan fingerprint density at radius 2 is 1.59 bits per heavy atom. The van der Waals surface area contributed by atoms with Crippen LogP contribution in [0.15, 0.2) is 12.2 Å². The third-order valence-electron chi connectivity index (χ3n) is 6.89. The van der Waals surface area contributed by atoms with E-state index in [1.165, 1.54) is 30.1 Å². The molecule has 1 N–H and O–H groups in total. The molecule has 0 heterocycles. The fraction of sp³-hybridized carbons (Fsp3) is 0.875. The normalized spacial score (nSPS) is 60.1. The highest BCUT2D eigenvalue weighted by molar-refractivity contribution is 5.20. The van der Waals surface area contributed by atoms with E-state index in [0.29, 0.717) is 0 Å². The second kappa shape index (κ2) is 3.60. The van der Waals surface area contributed by atoms with E-state index >= 15 is 0 Å². The van der Waals surface area contributed by atoms with E-state index in [2.05, 4.69) is 12.2 Å². The van der Waals surface area contributed by atoms with Crippen molar-refractivity contribution in [3.63, 3.8) is 0 Å². The van der Waals surface area contributed by atoms with Crippen LogP contribution in [-0.4, -0.2) is 12.2 Å². The molecule has 4 bridgehead atoms. The van der Waals surface area contributed by atoms with Crippen molar-refractivity contribution in [1.29, 1.82) is 0 Å². The van der Waals surface area contributed by atoms with Gasteiger partial charge in [-0.05, 0) is 79.4 Å². The van der Waals surface area contributed by atoms with Gasteiger partial charge in [-0.3, -0.25) is 0 Å². The number of aliphatic hydroxyl groups is 1. The van der Waals surface area contributed by atoms with Crippen LogP contribution in [-0.2, 0) is 0 Å². The van der Waals surface area contributed by atoms with Crippen molar-refractivity contribution < 1.29 is 5.11 Å². The summed E-state index contributed by atoms with van der Waals surface area (Å²) in [4.78, 5) is 0. The molecule has 8 unspecified atom stereocenters. The number of aliphatic hydroxyl groups excluding tert-OH is 1. The Bertz CT molecular complexity index is 347. The highest BCUT2D eigenvalue weighted by Crippen LogP contribution is 2.71. The number of hydrogen-bond acceptors (Lipinski definition) is 1. The smallest absolute Gasteiger partial charge is 0.0319 e. The van der Waals surface area contributed by atoms with Crippen molar-refractivity contribution in [2.45, 2.75) is 32.1 Å². The van der Waals surface area contributed by atoms with Crippen LogP contribution in [0, 0.1) is 47.3 Å². The van der Waals surface area contributed by atoms with Crippen molar-refractivity contribution in [2.24, 2.45) is 47.3 Å². The summed E-state index contributed by atoms with van der Waals surface area (Å²) in [5.41, 5.74) is 0. The van der Waals surface area contributed by atoms with E-state index in [-0.39, 0.29) is 0 Å². The molecule has 17 heavy (non-hydrogen) atoms. The molecular weight excluding hydrogens is 208 g/mol. The molecule has 0 aromatic heterocycles. The van der Waals surface area contributed by atoms with E-state index < -0.39 is 0 Å². The van der Waals surface area contributed by atoms with E-state index in [9.17, 15) is 0 Å². The number of allylic oxidation sites excluding steroid dienone is 2. The van der Waals surface area contributed by atoms with Gasteiger partial charge in [0.15, 0.2) is 0 Å². The van der Waals surface area contributed by atoms with Crippen LogP contribution >= 0.6 is 0 Å². The standard InChI is InChI=1S/C15H20.CH4O/c1-2-10-11(3-1)13-7-12(10)14-8-4-5-9(6-8)15(13)14;1-2/h1-2,8-15H,3-7H2;2H,1H3. The Kier molecular flexibility index (Phi) is 2.25. The quantitative estimate of drug-likeness (QED) is 0.502. The maximum atomic E-state index is 7.00. The molecular formula is C16H24O. The van der Waals surface area contributed by atoms with Crippen molar-refractivity contribution >= 4 is 0 Å². The largest absolute Gasteiger partial charge is 0.400 e. The zero-order chi connectivity index (χ0) is 11.6. The Morgan fingerprint density at radius 3 is 2.35 bits per heavy atom. The topological polar surface area (TPSA) is 20.2 Å². The minimum absolute atomic E-state index is 1.00. The SMILES string of the molecule is C1=CC2C(C1)C1CC2C2C3CCC(C3)C12.CO. The monoisotopic (exact) mass is 232 g/mol. The zero-order valence-corrected chi connectivity index (χ0v) is 10.8. The third kappa shape index (κ3) is 1.15. The average molecular weight is 232 g/mol. The third-order valence-corrected chi connectivity index (χ3v) is 6.89. The predicted molar refractivity (Wildman–Crippen MR) is 68.3 cm³/mol. The fourth-order valence-corrected chi connectivity index (χ4v) is 6.77. The minimum Gasteiger partial charge on any atom is -0.400 e. The van der Waals surface area contributed by atoms with Crippen LogP contribution in [0.5, 0.6) is 0 Å². The van der Waals surface area contributed by atoms with Crippen LogP contribution in [0.1, 0.15) is 32.1 Å². The lowest BCUT2D eigenvalue weighted by atomic mass is 9.64. The maximum Gasteiger partial charge on any atom is 0.0319 e. The van der Waals surface area contributed by atoms with Crippen LogP contribution in [0.4, 0.5) is 0 Å². The molecule has 4 fully saturated rings. The molecule has 5 aliphatic rings. The van der Waals surface area contributed by atoms with Crippen molar-refractivity contribution in [3.05, 3.63) is 12.2 Å². The fourth-order valence-electron chi connectivity index (χ4n) is 6.77. The van der Waals surface area contributed by atoms with Gasteiger partial charge in [0.2, 0.25) is 0 Å². The highest BCUT2D eigenvalue weighted by Gasteiger charge is 2.65. The van der Waals surface area contributed by atoms with Crippen molar-refractivity contribution in [2.75, 3.05) is 7.11 Å². The van der Waals surface area contributed by atoms with Crippen LogP contribution in [0.2, 0.25) is 0 Å². The molecule has 5 rings (SSSR count). The van der Waals surface area contributed by atoms with Crippen LogP contribution < -0.4 is 0 Å². The molecule has 0 aromatic rings. The Labute approximate surface area is 104 Å². The van der Waals surface area contributed by atoms with E-state index in [1.807, 2.05) is 0 Å². The maximum absolute atomic E-state index is 7.00. The number of fused-ring (bicyclic) bond motifs is 12. The minimum atomic E-state index is 1.00. The lowest BCUT2D eigenvalue weighted by Gasteiger charge is -2.40. The molecule has 0 radical (unpaired) electrons. The first-order valence-corrected chi connectivity index (χ1v) is 7.55. The average Bonchev–Trinajstić information content (AvgIpc) is 3.14. The Morgan fingerprint density at radius 1 is 0.882 bits per heavy atom. The number of rotatable bonds is 0. The van der Waals surface area contributed by atoms with Gasteiger partial charge >= 0.3 is 0 Å². The highest BCUT2D eigenvalue weighted by atomic mass is 16.2. The molecule has 4 saturated carbocycles. The summed E-state index contributed by atoms with van der Waals surface area (Å²) in [7, 11) is 1.00. The summed E-state index contributed by atoms with van der Waals surface area (Å²) in [6.07, 6.45) is 13.0. The van der Waals surface area contributed by atoms with Crippen LogP contribution in [0.3, 0.4) is 0 Å². The summed E-state index contributed by atoms with van der Waals surface area (Å²) < 4.78 is 0. The molecule has 1 heteroatoms. The van der Waals surface area contributed by atoms with Gasteiger partial charge in [0.05, 0.1) is 0 Å². The summed E-state index contributed by atoms with van der Waals surface area (Å²) >= 11 is 0. The molecule has 0 saturated heterocycles. The molecule has 8 atom stereocenters. The van der Waals surface area contributed by atoms with E-state index in [0.717, 1.165) is 30.8 Å². The Hall–Kier alpha value is -0.300. The predicted octanol–water partition coefficient (Wildman–Crippen LogP) is 3.10. The summed E-state index contributed by atoms with van der Waals surface area (Å²) in [5.74, 6) is 9.19. The lowest BCUT2D eigenvalue weighted by Crippen LogP contribution is -2.36. The van der Waals surface area contributed by atoms with Gasteiger partial charge in [-0.2, -0.15) is 0 Å². The molecule has 94 valence electrons. The van der Waals surface area contributed by atoms with Gasteiger partial charge < -0.3 is 5.11 Å². The lowest BCUT2D eigenvalue weighted by molar-refractivity contribution is 0.0823. The van der Waals surface area contributed by atoms with Gasteiger partial charge in [0.1, 0.15) is 0 Å². The Balaban J connectivity index is 0.000000383. The molecule has 0 aliphatic heterocycles. The van der Waals surface area contributed by atoms with Gasteiger partial charge in [-0.15, -0.1) is 0 Å². The van der Waals surface area contributed by atoms with Crippen LogP contribution in [0.25, 0.3) is 0 Å². The zero-order valence-electron chi connectivity index (χ0n) is 10.8. The van der Waals surface area contributed by atoms with Gasteiger partial charge in [0.25, 0.3) is 0 Å². The van der Waals surface area contributed by atoms with Crippen molar-refractivity contribution in [1.82, 2.24) is 0 Å². The van der Waals surface area contributed by atoms with E-state index in [4.69, 9.17) is 5.11 Å². The van der Waals surface area contributed by atoms with Gasteiger partial charge in [-0.1, -0.05) is 12.2 Å². The summed E-state index contributed by atoms with van der Waals surface area (Å²) in [5, 5.41) is 7.00. The molecule has 1 nitrogen and oxygen atoms in total. The van der Waals surface area contributed by atoms with Crippen molar-refractivity contribution in [3.8, 4) is 0 Å². The first kappa shape index (κ1) is 10.6. The first-order chi connectivity index (χ1) is 8.43. The molecule has 0 aromatic carbocycles. The number of hydrogen-bond donors (Lipinski definition) is 1. The molecule has 0 amide bonds. The second-order valence-electron chi connectivity index (χ2n) is 6.96. The summed E-state index contributed by atoms with van der Waals surface area (Å²) in [6, 6.07) is 0. The van der Waals surface area contributed by atoms with Gasteiger partial charge in [-0.25, -0.2) is 0 Å². The first-order valence-electron chi connectivity index (χ1n) is 7.55.